The van der Waals surface area contributed by atoms with Crippen LogP contribution in [0.15, 0.2) is 52.4 Å². The Morgan fingerprint density at radius 2 is 2.03 bits per heavy atom. The van der Waals surface area contributed by atoms with E-state index in [0.29, 0.717) is 44.1 Å². The molecule has 3 aromatic rings. The number of carbonyl (C=O) groups excluding carboxylic acids is 2. The molecule has 1 aromatic carbocycles. The quantitative estimate of drug-likeness (QED) is 0.482. The van der Waals surface area contributed by atoms with Gasteiger partial charge < -0.3 is 19.9 Å². The van der Waals surface area contributed by atoms with E-state index in [9.17, 15) is 9.59 Å². The summed E-state index contributed by atoms with van der Waals surface area (Å²) in [5.74, 6) is 0.326. The van der Waals surface area contributed by atoms with Crippen molar-refractivity contribution in [2.75, 3.05) is 20.3 Å². The molecular formula is C23H26N4O4S. The molecule has 32 heavy (non-hydrogen) atoms. The Morgan fingerprint density at radius 3 is 2.78 bits per heavy atom. The average molecular weight is 455 g/mol. The molecule has 0 aliphatic heterocycles. The molecule has 3 atom stereocenters. The Labute approximate surface area is 190 Å². The Bertz CT molecular complexity index is 1020. The van der Waals surface area contributed by atoms with Gasteiger partial charge in [0.25, 0.3) is 0 Å². The molecule has 2 aromatic heterocycles. The van der Waals surface area contributed by atoms with Gasteiger partial charge in [-0.2, -0.15) is 4.98 Å². The van der Waals surface area contributed by atoms with E-state index in [4.69, 9.17) is 9.26 Å². The van der Waals surface area contributed by atoms with E-state index in [1.165, 1.54) is 0 Å². The molecular weight excluding hydrogens is 428 g/mol. The zero-order chi connectivity index (χ0) is 22.3. The van der Waals surface area contributed by atoms with Crippen molar-refractivity contribution in [3.05, 3.63) is 58.6 Å². The molecule has 1 aliphatic rings. The number of aromatic nitrogens is 2. The zero-order valence-corrected chi connectivity index (χ0v) is 18.6. The lowest BCUT2D eigenvalue weighted by molar-refractivity contribution is -0.125. The lowest BCUT2D eigenvalue weighted by atomic mass is 10.0. The Balaban J connectivity index is 1.49. The first-order valence-corrected chi connectivity index (χ1v) is 11.5. The molecule has 0 bridgehead atoms. The predicted molar refractivity (Wildman–Crippen MR) is 120 cm³/mol. The highest BCUT2D eigenvalue weighted by Gasteiger charge is 2.42. The molecule has 0 radical (unpaired) electrons. The summed E-state index contributed by atoms with van der Waals surface area (Å²) in [6, 6.07) is 13.2. The van der Waals surface area contributed by atoms with Gasteiger partial charge in [0.1, 0.15) is 0 Å². The molecule has 1 aliphatic carbocycles. The summed E-state index contributed by atoms with van der Waals surface area (Å²) < 4.78 is 10.6. The minimum absolute atomic E-state index is 0.0511. The van der Waals surface area contributed by atoms with Crippen LogP contribution in [0.5, 0.6) is 0 Å². The second-order valence-electron chi connectivity index (χ2n) is 7.81. The van der Waals surface area contributed by atoms with Crippen LogP contribution in [-0.2, 0) is 20.7 Å². The van der Waals surface area contributed by atoms with Crippen molar-refractivity contribution in [2.45, 2.75) is 31.2 Å². The summed E-state index contributed by atoms with van der Waals surface area (Å²) in [4.78, 5) is 30.9. The number of benzene rings is 1. The fourth-order valence-electron chi connectivity index (χ4n) is 4.02. The second-order valence-corrected chi connectivity index (χ2v) is 8.84. The molecule has 0 unspecified atom stereocenters. The largest absolute Gasteiger partial charge is 0.383 e. The van der Waals surface area contributed by atoms with Crippen LogP contribution in [0.3, 0.4) is 0 Å². The van der Waals surface area contributed by atoms with E-state index in [1.54, 1.807) is 18.4 Å². The lowest BCUT2D eigenvalue weighted by Crippen LogP contribution is -2.38. The standard InChI is InChI=1S/C23H26N4O4S/c1-30-10-9-24-22(29)16-12-18(19(13-16)25-20(28)14-17-8-5-11-32-17)23-26-21(27-31-23)15-6-3-2-4-7-15/h2-8,11,16,18-19H,9-10,12-14H2,1H3,(H,24,29)(H,25,28)/t16-,18-,19+/m1/s1. The van der Waals surface area contributed by atoms with E-state index in [0.717, 1.165) is 10.4 Å². The number of nitrogens with one attached hydrogen (secondary N) is 2. The maximum atomic E-state index is 12.7. The maximum absolute atomic E-state index is 12.7. The number of carbonyl (C=O) groups is 2. The average Bonchev–Trinajstić information content (AvgIpc) is 3.55. The van der Waals surface area contributed by atoms with Crippen molar-refractivity contribution in [3.8, 4) is 11.4 Å². The van der Waals surface area contributed by atoms with Crippen LogP contribution in [0, 0.1) is 5.92 Å². The van der Waals surface area contributed by atoms with Crippen LogP contribution in [0.25, 0.3) is 11.4 Å². The van der Waals surface area contributed by atoms with Gasteiger partial charge in [0.2, 0.25) is 23.5 Å². The van der Waals surface area contributed by atoms with Gasteiger partial charge in [0, 0.05) is 36.1 Å². The highest BCUT2D eigenvalue weighted by atomic mass is 32.1. The van der Waals surface area contributed by atoms with Crippen LogP contribution in [0.4, 0.5) is 0 Å². The number of thiophene rings is 1. The lowest BCUT2D eigenvalue weighted by Gasteiger charge is -2.17. The minimum atomic E-state index is -0.260. The topological polar surface area (TPSA) is 106 Å². The molecule has 2 N–H and O–H groups in total. The minimum Gasteiger partial charge on any atom is -0.383 e. The molecule has 4 rings (SSSR count). The number of amides is 2. The molecule has 0 saturated heterocycles. The SMILES string of the molecule is COCCNC(=O)[C@H]1C[C@H](NC(=O)Cc2cccs2)[C@H](c2nc(-c3ccccc3)no2)C1. The smallest absolute Gasteiger partial charge is 0.232 e. The molecule has 168 valence electrons. The van der Waals surface area contributed by atoms with Crippen LogP contribution < -0.4 is 10.6 Å². The van der Waals surface area contributed by atoms with Crippen molar-refractivity contribution in [3.63, 3.8) is 0 Å². The molecule has 2 amide bonds. The number of nitrogens with zero attached hydrogens (tertiary/aromatic N) is 2. The maximum Gasteiger partial charge on any atom is 0.232 e. The van der Waals surface area contributed by atoms with Gasteiger partial charge in [-0.3, -0.25) is 9.59 Å². The summed E-state index contributed by atoms with van der Waals surface area (Å²) in [6.45, 7) is 0.900. The van der Waals surface area contributed by atoms with Gasteiger partial charge in [0.05, 0.1) is 18.9 Å². The first-order chi connectivity index (χ1) is 15.6. The fraction of sp³-hybridized carbons (Fsp3) is 0.391. The van der Waals surface area contributed by atoms with Gasteiger partial charge in [0.15, 0.2) is 0 Å². The molecule has 1 saturated carbocycles. The van der Waals surface area contributed by atoms with E-state index in [-0.39, 0.29) is 29.7 Å². The zero-order valence-electron chi connectivity index (χ0n) is 17.8. The van der Waals surface area contributed by atoms with Gasteiger partial charge in [-0.1, -0.05) is 41.6 Å². The van der Waals surface area contributed by atoms with E-state index < -0.39 is 0 Å². The van der Waals surface area contributed by atoms with Crippen molar-refractivity contribution >= 4 is 23.2 Å². The van der Waals surface area contributed by atoms with Gasteiger partial charge >= 0.3 is 0 Å². The molecule has 0 spiro atoms. The number of rotatable bonds is 9. The molecule has 8 nitrogen and oxygen atoms in total. The third kappa shape index (κ3) is 5.41. The molecule has 9 heteroatoms. The second kappa shape index (κ2) is 10.5. The van der Waals surface area contributed by atoms with Gasteiger partial charge in [-0.05, 0) is 24.3 Å². The number of hydrogen-bond donors (Lipinski definition) is 2. The van der Waals surface area contributed by atoms with Crippen LogP contribution in [-0.4, -0.2) is 48.3 Å². The van der Waals surface area contributed by atoms with E-state index >= 15 is 0 Å². The van der Waals surface area contributed by atoms with Crippen molar-refractivity contribution < 1.29 is 18.8 Å². The van der Waals surface area contributed by atoms with Crippen LogP contribution in [0.2, 0.25) is 0 Å². The van der Waals surface area contributed by atoms with E-state index in [1.807, 2.05) is 47.8 Å². The van der Waals surface area contributed by atoms with Crippen LogP contribution >= 0.6 is 11.3 Å². The highest BCUT2D eigenvalue weighted by molar-refractivity contribution is 7.10. The fourth-order valence-corrected chi connectivity index (χ4v) is 4.73. The summed E-state index contributed by atoms with van der Waals surface area (Å²) in [6.07, 6.45) is 1.35. The van der Waals surface area contributed by atoms with E-state index in [2.05, 4.69) is 20.8 Å². The number of hydrogen-bond acceptors (Lipinski definition) is 7. The van der Waals surface area contributed by atoms with Crippen molar-refractivity contribution in [2.24, 2.45) is 5.92 Å². The highest BCUT2D eigenvalue weighted by Crippen LogP contribution is 2.39. The summed E-state index contributed by atoms with van der Waals surface area (Å²) in [5, 5.41) is 12.1. The summed E-state index contributed by atoms with van der Waals surface area (Å²) in [5.41, 5.74) is 0.854. The number of methoxy groups -OCH3 is 1. The normalized spacial score (nSPS) is 20.2. The monoisotopic (exact) mass is 454 g/mol. The third-order valence-corrected chi connectivity index (χ3v) is 6.47. The predicted octanol–water partition coefficient (Wildman–Crippen LogP) is 2.78. The summed E-state index contributed by atoms with van der Waals surface area (Å²) >= 11 is 1.55. The van der Waals surface area contributed by atoms with Gasteiger partial charge in [-0.15, -0.1) is 11.3 Å². The summed E-state index contributed by atoms with van der Waals surface area (Å²) in [7, 11) is 1.59. The first-order valence-electron chi connectivity index (χ1n) is 10.6. The van der Waals surface area contributed by atoms with Crippen molar-refractivity contribution in [1.29, 1.82) is 0 Å². The van der Waals surface area contributed by atoms with Crippen molar-refractivity contribution in [1.82, 2.24) is 20.8 Å². The third-order valence-electron chi connectivity index (χ3n) is 5.59. The molecule has 1 fully saturated rings. The Morgan fingerprint density at radius 1 is 1.19 bits per heavy atom. The van der Waals surface area contributed by atoms with Gasteiger partial charge in [-0.25, -0.2) is 0 Å². The molecule has 2 heterocycles. The Kier molecular flexibility index (Phi) is 7.28. The van der Waals surface area contributed by atoms with Crippen LogP contribution in [0.1, 0.15) is 29.5 Å². The first kappa shape index (κ1) is 22.2. The Hall–Kier alpha value is -3.04. The number of ether oxygens (including phenoxy) is 1.